The molecule has 0 radical (unpaired) electrons. The molecule has 5 heteroatoms. The van der Waals surface area contributed by atoms with Crippen molar-refractivity contribution >= 4 is 37.8 Å². The van der Waals surface area contributed by atoms with Gasteiger partial charge in [-0.3, -0.25) is 4.79 Å². The smallest absolute Gasteiger partial charge is 0.252 e. The van der Waals surface area contributed by atoms with Crippen LogP contribution in [-0.4, -0.2) is 13.0 Å². The highest BCUT2D eigenvalue weighted by Crippen LogP contribution is 2.35. The topological polar surface area (TPSA) is 52.3 Å². The Morgan fingerprint density at radius 3 is 2.54 bits per heavy atom. The van der Waals surface area contributed by atoms with Crippen molar-refractivity contribution in [1.82, 2.24) is 0 Å². The van der Waals surface area contributed by atoms with E-state index in [-0.39, 0.29) is 0 Å². The van der Waals surface area contributed by atoms with Gasteiger partial charge >= 0.3 is 0 Å². The van der Waals surface area contributed by atoms with Crippen LogP contribution in [0.1, 0.15) is 10.4 Å². The SMILES string of the molecule is COc1c(C(N)=O)ccc(Br)c1Br. The third kappa shape index (κ3) is 2.03. The Hall–Kier alpha value is -0.550. The number of primary amides is 1. The molecule has 0 fully saturated rings. The molecule has 1 amide bonds. The van der Waals surface area contributed by atoms with E-state index in [2.05, 4.69) is 31.9 Å². The Bertz CT molecular complexity index is 352. The number of hydrogen-bond donors (Lipinski definition) is 1. The van der Waals surface area contributed by atoms with Crippen LogP contribution in [0.15, 0.2) is 21.1 Å². The van der Waals surface area contributed by atoms with Crippen molar-refractivity contribution in [1.29, 1.82) is 0 Å². The minimum atomic E-state index is -0.509. The zero-order valence-electron chi connectivity index (χ0n) is 6.80. The molecule has 0 aliphatic carbocycles. The van der Waals surface area contributed by atoms with Crippen molar-refractivity contribution < 1.29 is 9.53 Å². The maximum Gasteiger partial charge on any atom is 0.252 e. The van der Waals surface area contributed by atoms with Gasteiger partial charge in [-0.15, -0.1) is 0 Å². The second kappa shape index (κ2) is 4.11. The van der Waals surface area contributed by atoms with E-state index in [1.807, 2.05) is 0 Å². The normalized spacial score (nSPS) is 9.77. The fourth-order valence-electron chi connectivity index (χ4n) is 0.926. The van der Waals surface area contributed by atoms with Gasteiger partial charge in [-0.25, -0.2) is 0 Å². The molecule has 1 rings (SSSR count). The van der Waals surface area contributed by atoms with Crippen molar-refractivity contribution in [3.05, 3.63) is 26.6 Å². The van der Waals surface area contributed by atoms with E-state index in [1.165, 1.54) is 7.11 Å². The summed E-state index contributed by atoms with van der Waals surface area (Å²) in [5.41, 5.74) is 5.51. The van der Waals surface area contributed by atoms with Crippen molar-refractivity contribution in [2.75, 3.05) is 7.11 Å². The average molecular weight is 309 g/mol. The van der Waals surface area contributed by atoms with Gasteiger partial charge < -0.3 is 10.5 Å². The number of benzene rings is 1. The number of carbonyl (C=O) groups excluding carboxylic acids is 1. The van der Waals surface area contributed by atoms with Gasteiger partial charge in [0, 0.05) is 4.47 Å². The first kappa shape index (κ1) is 10.5. The molecule has 0 saturated carbocycles. The summed E-state index contributed by atoms with van der Waals surface area (Å²) in [4.78, 5) is 11.0. The highest BCUT2D eigenvalue weighted by atomic mass is 79.9. The molecule has 3 nitrogen and oxygen atoms in total. The molecule has 2 N–H and O–H groups in total. The minimum absolute atomic E-state index is 0.359. The molecule has 0 heterocycles. The first-order chi connectivity index (χ1) is 6.07. The van der Waals surface area contributed by atoms with Crippen LogP contribution < -0.4 is 10.5 Å². The summed E-state index contributed by atoms with van der Waals surface area (Å²) in [6.07, 6.45) is 0. The summed E-state index contributed by atoms with van der Waals surface area (Å²) in [5, 5.41) is 0. The van der Waals surface area contributed by atoms with Gasteiger partial charge in [-0.2, -0.15) is 0 Å². The summed E-state index contributed by atoms with van der Waals surface area (Å²) in [6, 6.07) is 3.34. The van der Waals surface area contributed by atoms with E-state index in [1.54, 1.807) is 12.1 Å². The van der Waals surface area contributed by atoms with Gasteiger partial charge in [-0.05, 0) is 44.0 Å². The van der Waals surface area contributed by atoms with Gasteiger partial charge in [0.15, 0.2) is 0 Å². The van der Waals surface area contributed by atoms with Gasteiger partial charge in [0.05, 0.1) is 17.1 Å². The Balaban J connectivity index is 3.38. The highest BCUT2D eigenvalue weighted by Gasteiger charge is 2.13. The standard InChI is InChI=1S/C8H7Br2NO2/c1-13-7-4(8(11)12)2-3-5(9)6(7)10/h2-3H,1H3,(H2,11,12). The first-order valence-electron chi connectivity index (χ1n) is 3.39. The maximum absolute atomic E-state index is 11.0. The van der Waals surface area contributed by atoms with Crippen molar-refractivity contribution in [3.8, 4) is 5.75 Å². The molecular weight excluding hydrogens is 302 g/mol. The number of halogens is 2. The minimum Gasteiger partial charge on any atom is -0.495 e. The van der Waals surface area contributed by atoms with Gasteiger partial charge in [0.25, 0.3) is 5.91 Å². The number of ether oxygens (including phenoxy) is 1. The fourth-order valence-corrected chi connectivity index (χ4v) is 1.75. The molecule has 1 aromatic rings. The first-order valence-corrected chi connectivity index (χ1v) is 4.98. The summed E-state index contributed by atoms with van der Waals surface area (Å²) >= 11 is 6.57. The van der Waals surface area contributed by atoms with Gasteiger partial charge in [0.2, 0.25) is 0 Å². The molecule has 70 valence electrons. The number of carbonyl (C=O) groups is 1. The molecule has 0 unspecified atom stereocenters. The predicted molar refractivity (Wildman–Crippen MR) is 56.9 cm³/mol. The Morgan fingerprint density at radius 1 is 1.46 bits per heavy atom. The third-order valence-corrected chi connectivity index (χ3v) is 3.50. The highest BCUT2D eigenvalue weighted by molar-refractivity contribution is 9.13. The molecule has 0 aromatic heterocycles. The van der Waals surface area contributed by atoms with Crippen LogP contribution in [0.3, 0.4) is 0 Å². The second-order valence-corrected chi connectivity index (χ2v) is 3.95. The van der Waals surface area contributed by atoms with E-state index in [0.717, 1.165) is 4.47 Å². The molecule has 0 saturated heterocycles. The van der Waals surface area contributed by atoms with E-state index in [4.69, 9.17) is 10.5 Å². The van der Waals surface area contributed by atoms with Crippen LogP contribution in [0, 0.1) is 0 Å². The van der Waals surface area contributed by atoms with E-state index >= 15 is 0 Å². The Kier molecular flexibility index (Phi) is 3.33. The van der Waals surface area contributed by atoms with E-state index in [9.17, 15) is 4.79 Å². The zero-order chi connectivity index (χ0) is 10.0. The molecule has 1 aromatic carbocycles. The Morgan fingerprint density at radius 2 is 2.08 bits per heavy atom. The number of rotatable bonds is 2. The number of amides is 1. The van der Waals surface area contributed by atoms with Crippen LogP contribution in [0.4, 0.5) is 0 Å². The predicted octanol–water partition coefficient (Wildman–Crippen LogP) is 2.32. The quantitative estimate of drug-likeness (QED) is 0.911. The van der Waals surface area contributed by atoms with Crippen LogP contribution in [-0.2, 0) is 0 Å². The Labute approximate surface area is 92.5 Å². The largest absolute Gasteiger partial charge is 0.495 e. The molecule has 13 heavy (non-hydrogen) atoms. The van der Waals surface area contributed by atoms with Crippen molar-refractivity contribution in [2.45, 2.75) is 0 Å². The van der Waals surface area contributed by atoms with E-state index < -0.39 is 5.91 Å². The number of nitrogens with two attached hydrogens (primary N) is 1. The van der Waals surface area contributed by atoms with Crippen LogP contribution in [0.5, 0.6) is 5.75 Å². The molecule has 0 aliphatic rings. The van der Waals surface area contributed by atoms with Crippen LogP contribution in [0.25, 0.3) is 0 Å². The lowest BCUT2D eigenvalue weighted by Crippen LogP contribution is -2.12. The van der Waals surface area contributed by atoms with Crippen LogP contribution in [0.2, 0.25) is 0 Å². The molecule has 0 aliphatic heterocycles. The summed E-state index contributed by atoms with van der Waals surface area (Å²) in [6.45, 7) is 0. The lowest BCUT2D eigenvalue weighted by atomic mass is 10.2. The third-order valence-electron chi connectivity index (χ3n) is 1.52. The maximum atomic E-state index is 11.0. The second-order valence-electron chi connectivity index (χ2n) is 2.31. The zero-order valence-corrected chi connectivity index (χ0v) is 9.98. The molecule has 0 bridgehead atoms. The summed E-state index contributed by atoms with van der Waals surface area (Å²) in [7, 11) is 1.49. The fraction of sp³-hybridized carbons (Fsp3) is 0.125. The monoisotopic (exact) mass is 307 g/mol. The van der Waals surface area contributed by atoms with Gasteiger partial charge in [-0.1, -0.05) is 0 Å². The van der Waals surface area contributed by atoms with Crippen LogP contribution >= 0.6 is 31.9 Å². The van der Waals surface area contributed by atoms with E-state index in [0.29, 0.717) is 15.8 Å². The molecule has 0 spiro atoms. The molecule has 0 atom stereocenters. The summed E-state index contributed by atoms with van der Waals surface area (Å²) in [5.74, 6) is -0.0630. The number of methoxy groups -OCH3 is 1. The van der Waals surface area contributed by atoms with Crippen molar-refractivity contribution in [2.24, 2.45) is 5.73 Å². The lowest BCUT2D eigenvalue weighted by Gasteiger charge is -2.08. The van der Waals surface area contributed by atoms with Gasteiger partial charge in [0.1, 0.15) is 5.75 Å². The number of hydrogen-bond acceptors (Lipinski definition) is 2. The summed E-state index contributed by atoms with van der Waals surface area (Å²) < 4.78 is 6.54. The van der Waals surface area contributed by atoms with Crippen molar-refractivity contribution in [3.63, 3.8) is 0 Å². The lowest BCUT2D eigenvalue weighted by molar-refractivity contribution is 0.0997. The average Bonchev–Trinajstić information content (AvgIpc) is 2.09. The molecular formula is C8H7Br2NO2.